The maximum Gasteiger partial charge on any atom is 0.356 e. The molecule has 186 valence electrons. The Kier molecular flexibility index (Phi) is 7.70. The van der Waals surface area contributed by atoms with E-state index in [0.29, 0.717) is 35.3 Å². The Morgan fingerprint density at radius 1 is 1.08 bits per heavy atom. The predicted octanol–water partition coefficient (Wildman–Crippen LogP) is 4.93. The fourth-order valence-corrected chi connectivity index (χ4v) is 3.95. The first kappa shape index (κ1) is 25.0. The minimum Gasteiger partial charge on any atom is -0.464 e. The molecule has 2 heterocycles. The summed E-state index contributed by atoms with van der Waals surface area (Å²) in [5.74, 6) is 0.185. The zero-order valence-electron chi connectivity index (χ0n) is 19.8. The van der Waals surface area contributed by atoms with Crippen molar-refractivity contribution in [3.05, 3.63) is 83.1 Å². The second-order valence-electron chi connectivity index (χ2n) is 8.03. The third-order valence-electron chi connectivity index (χ3n) is 5.65. The lowest BCUT2D eigenvalue weighted by Gasteiger charge is -2.40. The molecule has 9 nitrogen and oxygen atoms in total. The maximum atomic E-state index is 13.1. The van der Waals surface area contributed by atoms with Crippen molar-refractivity contribution in [1.82, 2.24) is 14.8 Å². The zero-order valence-corrected chi connectivity index (χ0v) is 20.6. The lowest BCUT2D eigenvalue weighted by molar-refractivity contribution is -0.132. The number of anilines is 1. The maximum absolute atomic E-state index is 13.1. The summed E-state index contributed by atoms with van der Waals surface area (Å²) in [6, 6.07) is 17.1. The number of imide groups is 1. The molecule has 4 rings (SSSR count). The van der Waals surface area contributed by atoms with Gasteiger partial charge in [-0.2, -0.15) is 0 Å². The molecule has 10 heteroatoms. The van der Waals surface area contributed by atoms with Crippen LogP contribution < -0.4 is 10.1 Å². The summed E-state index contributed by atoms with van der Waals surface area (Å²) in [6.45, 7) is 2.41. The number of hydrogen-bond acceptors (Lipinski definition) is 7. The van der Waals surface area contributed by atoms with Crippen LogP contribution in [0, 0.1) is 0 Å². The average Bonchev–Trinajstić information content (AvgIpc) is 2.88. The molecule has 2 aromatic carbocycles. The summed E-state index contributed by atoms with van der Waals surface area (Å²) in [6.07, 6.45) is 1.07. The van der Waals surface area contributed by atoms with Crippen molar-refractivity contribution in [3.63, 3.8) is 0 Å². The largest absolute Gasteiger partial charge is 0.464 e. The molecule has 0 radical (unpaired) electrons. The number of nitrogens with zero attached hydrogens (tertiary/aromatic N) is 3. The number of rotatable bonds is 8. The highest BCUT2D eigenvalue weighted by molar-refractivity contribution is 6.30. The number of halogens is 1. The molecule has 0 saturated carbocycles. The van der Waals surface area contributed by atoms with Crippen molar-refractivity contribution in [3.8, 4) is 11.5 Å². The number of carbonyl (C=O) groups is 3. The molecule has 1 saturated heterocycles. The lowest BCUT2D eigenvalue weighted by Crippen LogP contribution is -2.58. The number of esters is 1. The Labute approximate surface area is 213 Å². The molecule has 0 spiro atoms. The third-order valence-corrected chi connectivity index (χ3v) is 5.91. The number of benzene rings is 2. The number of amides is 3. The number of methoxy groups -OCH3 is 1. The van der Waals surface area contributed by atoms with Crippen molar-refractivity contribution in [2.75, 3.05) is 19.0 Å². The Morgan fingerprint density at radius 3 is 2.47 bits per heavy atom. The fourth-order valence-electron chi connectivity index (χ4n) is 3.82. The van der Waals surface area contributed by atoms with Crippen molar-refractivity contribution in [2.45, 2.75) is 26.1 Å². The van der Waals surface area contributed by atoms with E-state index in [-0.39, 0.29) is 24.1 Å². The van der Waals surface area contributed by atoms with Gasteiger partial charge in [-0.15, -0.1) is 0 Å². The number of ether oxygens (including phenoxy) is 2. The number of carbonyl (C=O) groups excluding carboxylic acids is 3. The van der Waals surface area contributed by atoms with E-state index < -0.39 is 12.1 Å². The molecule has 1 aromatic heterocycles. The minimum absolute atomic E-state index is 0.138. The molecule has 0 bridgehead atoms. The van der Waals surface area contributed by atoms with Crippen LogP contribution in [0.2, 0.25) is 5.02 Å². The van der Waals surface area contributed by atoms with E-state index in [1.165, 1.54) is 24.3 Å². The van der Waals surface area contributed by atoms with Gasteiger partial charge in [0.05, 0.1) is 13.5 Å². The monoisotopic (exact) mass is 508 g/mol. The van der Waals surface area contributed by atoms with Crippen molar-refractivity contribution in [2.24, 2.45) is 0 Å². The quantitative estimate of drug-likeness (QED) is 0.431. The number of nitrogens with one attached hydrogen (secondary N) is 1. The van der Waals surface area contributed by atoms with Crippen LogP contribution in [-0.2, 0) is 16.1 Å². The highest BCUT2D eigenvalue weighted by Crippen LogP contribution is 2.26. The van der Waals surface area contributed by atoms with Gasteiger partial charge < -0.3 is 14.8 Å². The summed E-state index contributed by atoms with van der Waals surface area (Å²) in [5, 5.41) is 3.91. The van der Waals surface area contributed by atoms with Crippen LogP contribution in [0.4, 0.5) is 10.5 Å². The number of pyridine rings is 1. The Hall–Kier alpha value is -4.11. The van der Waals surface area contributed by atoms with Gasteiger partial charge in [0.25, 0.3) is 0 Å². The van der Waals surface area contributed by atoms with Crippen LogP contribution in [0.15, 0.2) is 66.9 Å². The van der Waals surface area contributed by atoms with Crippen molar-refractivity contribution >= 4 is 35.2 Å². The van der Waals surface area contributed by atoms with Crippen LogP contribution in [0.25, 0.3) is 0 Å². The molecule has 1 fully saturated rings. The highest BCUT2D eigenvalue weighted by atomic mass is 35.5. The van der Waals surface area contributed by atoms with Crippen molar-refractivity contribution < 1.29 is 23.9 Å². The van der Waals surface area contributed by atoms with E-state index in [1.807, 2.05) is 12.1 Å². The predicted molar refractivity (Wildman–Crippen MR) is 134 cm³/mol. The van der Waals surface area contributed by atoms with Gasteiger partial charge in [-0.3, -0.25) is 14.6 Å². The molecular weight excluding hydrogens is 484 g/mol. The topological polar surface area (TPSA) is 101 Å². The summed E-state index contributed by atoms with van der Waals surface area (Å²) in [5.41, 5.74) is 1.75. The van der Waals surface area contributed by atoms with E-state index in [4.69, 9.17) is 16.3 Å². The van der Waals surface area contributed by atoms with E-state index in [9.17, 15) is 14.4 Å². The highest BCUT2D eigenvalue weighted by Gasteiger charge is 2.38. The summed E-state index contributed by atoms with van der Waals surface area (Å²) in [7, 11) is 1.28. The first-order valence-corrected chi connectivity index (χ1v) is 11.7. The van der Waals surface area contributed by atoms with Gasteiger partial charge >= 0.3 is 12.0 Å². The van der Waals surface area contributed by atoms with Crippen molar-refractivity contribution in [1.29, 1.82) is 0 Å². The molecular formula is C26H25ClN4O5. The number of aromatic nitrogens is 1. The van der Waals surface area contributed by atoms with E-state index >= 15 is 0 Å². The van der Waals surface area contributed by atoms with Gasteiger partial charge in [0.15, 0.2) is 5.69 Å². The molecule has 1 unspecified atom stereocenters. The Morgan fingerprint density at radius 2 is 1.81 bits per heavy atom. The number of urea groups is 1. The molecule has 1 aliphatic heterocycles. The summed E-state index contributed by atoms with van der Waals surface area (Å²) >= 11 is 6.00. The van der Waals surface area contributed by atoms with Crippen LogP contribution >= 0.6 is 11.6 Å². The van der Waals surface area contributed by atoms with Crippen LogP contribution in [0.3, 0.4) is 0 Å². The summed E-state index contributed by atoms with van der Waals surface area (Å²) < 4.78 is 10.5. The zero-order chi connectivity index (χ0) is 25.7. The average molecular weight is 509 g/mol. The first-order chi connectivity index (χ1) is 17.4. The fraction of sp³-hybridized carbons (Fsp3) is 0.231. The van der Waals surface area contributed by atoms with Crippen LogP contribution in [0.5, 0.6) is 11.5 Å². The Balaban J connectivity index is 1.48. The molecule has 36 heavy (non-hydrogen) atoms. The second-order valence-corrected chi connectivity index (χ2v) is 8.47. The SMILES string of the molecule is CCN1C(=O)CC(Nc2ccc(Oc3ccnc(C(=O)OC)c3)cc2)N(Cc2ccc(Cl)cc2)C1=O. The van der Waals surface area contributed by atoms with Gasteiger partial charge in [-0.05, 0) is 55.0 Å². The number of hydrogen-bond donors (Lipinski definition) is 1. The molecule has 3 aromatic rings. The van der Waals surface area contributed by atoms with Gasteiger partial charge in [0.2, 0.25) is 5.91 Å². The summed E-state index contributed by atoms with van der Waals surface area (Å²) in [4.78, 5) is 44.2. The normalized spacial score (nSPS) is 15.6. The van der Waals surface area contributed by atoms with E-state index in [1.54, 1.807) is 54.3 Å². The molecule has 1 N–H and O–H groups in total. The van der Waals surface area contributed by atoms with Gasteiger partial charge in [-0.1, -0.05) is 23.7 Å². The van der Waals surface area contributed by atoms with Gasteiger partial charge in [0, 0.05) is 36.1 Å². The lowest BCUT2D eigenvalue weighted by atomic mass is 10.1. The third kappa shape index (κ3) is 5.75. The van der Waals surface area contributed by atoms with E-state index in [0.717, 1.165) is 5.56 Å². The molecule has 3 amide bonds. The van der Waals surface area contributed by atoms with Crippen LogP contribution in [0.1, 0.15) is 29.4 Å². The molecule has 1 atom stereocenters. The minimum atomic E-state index is -0.554. The van der Waals surface area contributed by atoms with Gasteiger partial charge in [-0.25, -0.2) is 14.6 Å². The first-order valence-electron chi connectivity index (χ1n) is 11.3. The smallest absolute Gasteiger partial charge is 0.356 e. The molecule has 1 aliphatic rings. The second kappa shape index (κ2) is 11.1. The Bertz CT molecular complexity index is 1250. The standard InChI is InChI=1S/C26H25ClN4O5/c1-3-30-24(32)15-23(31(26(30)34)16-17-4-6-18(27)7-5-17)29-19-8-10-20(11-9-19)36-21-12-13-28-22(14-21)25(33)35-2/h4-14,23,29H,3,15-16H2,1-2H3. The van der Waals surface area contributed by atoms with E-state index in [2.05, 4.69) is 15.0 Å². The van der Waals surface area contributed by atoms with Crippen LogP contribution in [-0.4, -0.2) is 52.5 Å². The molecule has 0 aliphatic carbocycles. The van der Waals surface area contributed by atoms with Gasteiger partial charge in [0.1, 0.15) is 17.7 Å².